The third kappa shape index (κ3) is 9.37. The smallest absolute Gasteiger partial charge is 0.123 e. The van der Waals surface area contributed by atoms with Crippen molar-refractivity contribution in [2.75, 3.05) is 0 Å². The van der Waals surface area contributed by atoms with Crippen LogP contribution in [0.4, 0.5) is 0 Å². The van der Waals surface area contributed by atoms with Crippen molar-refractivity contribution in [3.05, 3.63) is 65.8 Å². The fourth-order valence-electron chi connectivity index (χ4n) is 3.97. The standard InChI is InChI=1S/C29H46O/c1-8-9-10-11-12-13-14-15-16-17-18-19-20-21-24-22-23-25(28(2,3)4)27(30)26(24)29(5,6)7/h8,10-11,13-14,22-23,30H,1,9,12,15-21H2,2-7H3. The Morgan fingerprint density at radius 1 is 0.767 bits per heavy atom. The summed E-state index contributed by atoms with van der Waals surface area (Å²) in [5.74, 6) is 0.513. The van der Waals surface area contributed by atoms with Crippen LogP contribution in [0.3, 0.4) is 0 Å². The van der Waals surface area contributed by atoms with E-state index in [9.17, 15) is 5.11 Å². The summed E-state index contributed by atoms with van der Waals surface area (Å²) in [6.45, 7) is 16.9. The number of hydrogen-bond acceptors (Lipinski definition) is 1. The van der Waals surface area contributed by atoms with Crippen LogP contribution in [0, 0.1) is 0 Å². The number of phenols is 1. The monoisotopic (exact) mass is 410 g/mol. The van der Waals surface area contributed by atoms with Crippen molar-refractivity contribution < 1.29 is 5.11 Å². The summed E-state index contributed by atoms with van der Waals surface area (Å²) in [5, 5.41) is 11.0. The minimum Gasteiger partial charge on any atom is -0.507 e. The fraction of sp³-hybridized carbons (Fsp3) is 0.586. The van der Waals surface area contributed by atoms with E-state index in [1.165, 1.54) is 44.1 Å². The van der Waals surface area contributed by atoms with Crippen LogP contribution < -0.4 is 0 Å². The lowest BCUT2D eigenvalue weighted by atomic mass is 9.76. The molecule has 1 heteroatoms. The topological polar surface area (TPSA) is 20.2 Å². The molecule has 0 amide bonds. The summed E-state index contributed by atoms with van der Waals surface area (Å²) in [4.78, 5) is 0. The Hall–Kier alpha value is -1.76. The van der Waals surface area contributed by atoms with Crippen molar-refractivity contribution in [3.63, 3.8) is 0 Å². The Morgan fingerprint density at radius 3 is 2.00 bits per heavy atom. The summed E-state index contributed by atoms with van der Waals surface area (Å²) in [6, 6.07) is 4.40. The largest absolute Gasteiger partial charge is 0.507 e. The molecule has 0 saturated carbocycles. The number of unbranched alkanes of at least 4 members (excludes halogenated alkanes) is 5. The third-order valence-electron chi connectivity index (χ3n) is 5.55. The molecule has 0 fully saturated rings. The quantitative estimate of drug-likeness (QED) is 0.269. The van der Waals surface area contributed by atoms with Crippen molar-refractivity contribution in [2.24, 2.45) is 0 Å². The van der Waals surface area contributed by atoms with Gasteiger partial charge < -0.3 is 5.11 Å². The average molecular weight is 411 g/mol. The van der Waals surface area contributed by atoms with E-state index < -0.39 is 0 Å². The van der Waals surface area contributed by atoms with Gasteiger partial charge in [0.15, 0.2) is 0 Å². The molecule has 1 aromatic carbocycles. The first kappa shape index (κ1) is 26.3. The summed E-state index contributed by atoms with van der Waals surface area (Å²) in [7, 11) is 0. The fourth-order valence-corrected chi connectivity index (χ4v) is 3.97. The molecule has 1 rings (SSSR count). The minimum absolute atomic E-state index is 0.0427. The Kier molecular flexibility index (Phi) is 11.2. The van der Waals surface area contributed by atoms with Gasteiger partial charge in [0.25, 0.3) is 0 Å². The summed E-state index contributed by atoms with van der Waals surface area (Å²) in [6.07, 6.45) is 21.4. The Bertz CT molecular complexity index is 692. The van der Waals surface area contributed by atoms with E-state index in [0.29, 0.717) is 5.75 Å². The van der Waals surface area contributed by atoms with Crippen LogP contribution in [0.2, 0.25) is 0 Å². The van der Waals surface area contributed by atoms with Crippen LogP contribution >= 0.6 is 0 Å². The molecule has 0 atom stereocenters. The van der Waals surface area contributed by atoms with Crippen molar-refractivity contribution >= 4 is 0 Å². The van der Waals surface area contributed by atoms with Crippen LogP contribution in [0.5, 0.6) is 5.75 Å². The predicted octanol–water partition coefficient (Wildman–Crippen LogP) is 8.95. The van der Waals surface area contributed by atoms with Gasteiger partial charge in [-0.2, -0.15) is 0 Å². The van der Waals surface area contributed by atoms with Gasteiger partial charge in [-0.15, -0.1) is 6.58 Å². The van der Waals surface area contributed by atoms with Crippen LogP contribution in [0.15, 0.2) is 49.1 Å². The summed E-state index contributed by atoms with van der Waals surface area (Å²) in [5.41, 5.74) is 3.43. The minimum atomic E-state index is -0.0477. The number of benzene rings is 1. The van der Waals surface area contributed by atoms with Crippen LogP contribution in [0.1, 0.15) is 110 Å². The number of aromatic hydroxyl groups is 1. The van der Waals surface area contributed by atoms with E-state index >= 15 is 0 Å². The van der Waals surface area contributed by atoms with Crippen molar-refractivity contribution in [2.45, 2.75) is 110 Å². The second-order valence-electron chi connectivity index (χ2n) is 10.5. The second kappa shape index (κ2) is 12.8. The van der Waals surface area contributed by atoms with E-state index in [2.05, 4.69) is 84.6 Å². The number of rotatable bonds is 12. The number of aryl methyl sites for hydroxylation is 1. The molecule has 1 nitrogen and oxygen atoms in total. The lowest BCUT2D eigenvalue weighted by Crippen LogP contribution is -2.19. The first-order chi connectivity index (χ1) is 14.1. The maximum absolute atomic E-state index is 11.0. The van der Waals surface area contributed by atoms with Crippen LogP contribution in [-0.4, -0.2) is 5.11 Å². The number of allylic oxidation sites excluding steroid dienone is 5. The van der Waals surface area contributed by atoms with Crippen LogP contribution in [0.25, 0.3) is 0 Å². The van der Waals surface area contributed by atoms with Crippen molar-refractivity contribution in [1.82, 2.24) is 0 Å². The first-order valence-electron chi connectivity index (χ1n) is 11.9. The van der Waals surface area contributed by atoms with Gasteiger partial charge >= 0.3 is 0 Å². The Morgan fingerprint density at radius 2 is 1.37 bits per heavy atom. The zero-order valence-corrected chi connectivity index (χ0v) is 20.6. The Balaban J connectivity index is 2.44. The number of hydrogen-bond donors (Lipinski definition) is 1. The highest BCUT2D eigenvalue weighted by atomic mass is 16.3. The molecule has 0 saturated heterocycles. The zero-order chi connectivity index (χ0) is 22.6. The molecule has 1 N–H and O–H groups in total. The molecule has 0 unspecified atom stereocenters. The molecule has 0 radical (unpaired) electrons. The van der Waals surface area contributed by atoms with Gasteiger partial charge in [0, 0.05) is 5.56 Å². The van der Waals surface area contributed by atoms with Gasteiger partial charge in [-0.3, -0.25) is 0 Å². The molecule has 30 heavy (non-hydrogen) atoms. The SMILES string of the molecule is C=CCC=CCC=CCCCCCCCc1ccc(C(C)(C)C)c(O)c1C(C)(C)C. The highest BCUT2D eigenvalue weighted by Crippen LogP contribution is 2.41. The second-order valence-corrected chi connectivity index (χ2v) is 10.5. The highest BCUT2D eigenvalue weighted by molar-refractivity contribution is 5.51. The maximum Gasteiger partial charge on any atom is 0.123 e. The van der Waals surface area contributed by atoms with Gasteiger partial charge in [-0.1, -0.05) is 103 Å². The van der Waals surface area contributed by atoms with E-state index in [0.717, 1.165) is 30.4 Å². The molecule has 1 aromatic rings. The van der Waals surface area contributed by atoms with Gasteiger partial charge in [-0.05, 0) is 60.5 Å². The number of phenolic OH excluding ortho intramolecular Hbond substituents is 1. The van der Waals surface area contributed by atoms with Gasteiger partial charge in [-0.25, -0.2) is 0 Å². The zero-order valence-electron chi connectivity index (χ0n) is 20.6. The average Bonchev–Trinajstić information content (AvgIpc) is 2.63. The molecular weight excluding hydrogens is 364 g/mol. The summed E-state index contributed by atoms with van der Waals surface area (Å²) >= 11 is 0. The lowest BCUT2D eigenvalue weighted by Gasteiger charge is -2.29. The third-order valence-corrected chi connectivity index (χ3v) is 5.55. The normalized spacial score (nSPS) is 12.9. The van der Waals surface area contributed by atoms with Crippen molar-refractivity contribution in [3.8, 4) is 5.75 Å². The summed E-state index contributed by atoms with van der Waals surface area (Å²) < 4.78 is 0. The maximum atomic E-state index is 11.0. The molecular formula is C29H46O. The molecule has 168 valence electrons. The molecule has 0 bridgehead atoms. The predicted molar refractivity (Wildman–Crippen MR) is 135 cm³/mol. The molecule has 0 aliphatic rings. The van der Waals surface area contributed by atoms with E-state index in [1.54, 1.807) is 0 Å². The highest BCUT2D eigenvalue weighted by Gasteiger charge is 2.27. The van der Waals surface area contributed by atoms with E-state index in [-0.39, 0.29) is 10.8 Å². The molecule has 0 aliphatic carbocycles. The van der Waals surface area contributed by atoms with Crippen molar-refractivity contribution in [1.29, 1.82) is 0 Å². The lowest BCUT2D eigenvalue weighted by molar-refractivity contribution is 0.420. The van der Waals surface area contributed by atoms with Gasteiger partial charge in [0.05, 0.1) is 0 Å². The molecule has 0 aliphatic heterocycles. The van der Waals surface area contributed by atoms with E-state index in [4.69, 9.17) is 0 Å². The molecule has 0 aromatic heterocycles. The van der Waals surface area contributed by atoms with Gasteiger partial charge in [0.2, 0.25) is 0 Å². The molecule has 0 spiro atoms. The van der Waals surface area contributed by atoms with E-state index in [1.807, 2.05) is 6.08 Å². The molecule has 0 heterocycles. The Labute approximate surface area is 187 Å². The van der Waals surface area contributed by atoms with Crippen LogP contribution in [-0.2, 0) is 17.3 Å². The first-order valence-corrected chi connectivity index (χ1v) is 11.9. The van der Waals surface area contributed by atoms with Gasteiger partial charge in [0.1, 0.15) is 5.75 Å².